The Balaban J connectivity index is 1.71. The maximum Gasteiger partial charge on any atom is 0.306 e. The van der Waals surface area contributed by atoms with Gasteiger partial charge >= 0.3 is 5.97 Å². The van der Waals surface area contributed by atoms with Crippen LogP contribution < -0.4 is 5.73 Å². The maximum absolute atomic E-state index is 12.6. The van der Waals surface area contributed by atoms with Crippen molar-refractivity contribution in [3.63, 3.8) is 0 Å². The van der Waals surface area contributed by atoms with E-state index >= 15 is 0 Å². The summed E-state index contributed by atoms with van der Waals surface area (Å²) in [5.41, 5.74) is 6.09. The van der Waals surface area contributed by atoms with Crippen molar-refractivity contribution < 1.29 is 28.5 Å². The molecule has 170 valence electrons. The van der Waals surface area contributed by atoms with Crippen molar-refractivity contribution in [1.29, 1.82) is 0 Å². The van der Waals surface area contributed by atoms with Gasteiger partial charge in [0, 0.05) is 7.11 Å². The van der Waals surface area contributed by atoms with E-state index < -0.39 is 23.9 Å². The number of rotatable bonds is 9. The average molecular weight is 424 g/mol. The van der Waals surface area contributed by atoms with Crippen LogP contribution in [0.5, 0.6) is 0 Å². The minimum absolute atomic E-state index is 0.0107. The molecule has 7 atom stereocenters. The van der Waals surface area contributed by atoms with Gasteiger partial charge in [0.05, 0.1) is 31.0 Å². The lowest BCUT2D eigenvalue weighted by molar-refractivity contribution is -0.173. The van der Waals surface area contributed by atoms with E-state index in [2.05, 4.69) is 26.8 Å². The van der Waals surface area contributed by atoms with Crippen LogP contribution >= 0.6 is 0 Å². The second kappa shape index (κ2) is 8.60. The molecule has 7 nitrogen and oxygen atoms in total. The highest BCUT2D eigenvalue weighted by molar-refractivity contribution is 5.82. The number of carbonyl (C=O) groups excluding carboxylic acids is 2. The van der Waals surface area contributed by atoms with Gasteiger partial charge < -0.3 is 24.7 Å². The molecule has 0 aromatic carbocycles. The van der Waals surface area contributed by atoms with Crippen LogP contribution in [0.4, 0.5) is 0 Å². The number of epoxide rings is 2. The zero-order chi connectivity index (χ0) is 22.3. The summed E-state index contributed by atoms with van der Waals surface area (Å²) in [6, 6.07) is 0. The predicted molar refractivity (Wildman–Crippen MR) is 112 cm³/mol. The van der Waals surface area contributed by atoms with Gasteiger partial charge in [-0.1, -0.05) is 25.5 Å². The molecule has 2 aliphatic heterocycles. The second-order valence-corrected chi connectivity index (χ2v) is 9.86. The van der Waals surface area contributed by atoms with Gasteiger partial charge in [0.1, 0.15) is 23.4 Å². The topological polar surface area (TPSA) is 104 Å². The third-order valence-electron chi connectivity index (χ3n) is 7.08. The molecule has 30 heavy (non-hydrogen) atoms. The Kier molecular flexibility index (Phi) is 6.65. The van der Waals surface area contributed by atoms with Gasteiger partial charge in [-0.05, 0) is 46.0 Å². The molecule has 0 aromatic rings. The number of allylic oxidation sites excluding steroid dienone is 1. The molecular formula is C23H37NO6. The summed E-state index contributed by atoms with van der Waals surface area (Å²) >= 11 is 0. The number of hydrogen-bond acceptors (Lipinski definition) is 6. The lowest BCUT2D eigenvalue weighted by Crippen LogP contribution is -2.55. The number of methoxy groups -OCH3 is 1. The highest BCUT2D eigenvalue weighted by atomic mass is 16.6. The minimum Gasteiger partial charge on any atom is -0.460 e. The molecule has 1 spiro atoms. The van der Waals surface area contributed by atoms with Crippen molar-refractivity contribution in [2.75, 3.05) is 13.7 Å². The van der Waals surface area contributed by atoms with E-state index in [0.29, 0.717) is 13.0 Å². The quantitative estimate of drug-likeness (QED) is 0.347. The normalized spacial score (nSPS) is 38.2. The van der Waals surface area contributed by atoms with Gasteiger partial charge in [-0.15, -0.1) is 0 Å². The van der Waals surface area contributed by atoms with Crippen molar-refractivity contribution >= 4 is 11.9 Å². The molecule has 1 saturated carbocycles. The molecule has 0 bridgehead atoms. The number of hydrogen-bond donors (Lipinski definition) is 1. The Bertz CT molecular complexity index is 696. The number of nitrogens with two attached hydrogens (primary N) is 1. The average Bonchev–Trinajstić information content (AvgIpc) is 3.56. The molecule has 7 heteroatoms. The van der Waals surface area contributed by atoms with Crippen LogP contribution in [0.3, 0.4) is 0 Å². The first kappa shape index (κ1) is 23.2. The number of amides is 1. The highest BCUT2D eigenvalue weighted by Crippen LogP contribution is 2.59. The van der Waals surface area contributed by atoms with Gasteiger partial charge in [0.15, 0.2) is 0 Å². The molecule has 0 unspecified atom stereocenters. The molecule has 2 saturated heterocycles. The van der Waals surface area contributed by atoms with Gasteiger partial charge in [0.25, 0.3) is 0 Å². The van der Waals surface area contributed by atoms with Crippen LogP contribution in [0.25, 0.3) is 0 Å². The van der Waals surface area contributed by atoms with E-state index in [1.54, 1.807) is 7.11 Å². The second-order valence-electron chi connectivity index (χ2n) is 9.86. The lowest BCUT2D eigenvalue weighted by Gasteiger charge is -2.42. The van der Waals surface area contributed by atoms with E-state index in [4.69, 9.17) is 24.7 Å². The number of carbonyl (C=O) groups is 2. The Morgan fingerprint density at radius 1 is 1.30 bits per heavy atom. The summed E-state index contributed by atoms with van der Waals surface area (Å²) in [7, 11) is 1.65. The molecule has 1 amide bonds. The lowest BCUT2D eigenvalue weighted by atomic mass is 9.68. The molecule has 2 N–H and O–H groups in total. The van der Waals surface area contributed by atoms with Crippen molar-refractivity contribution in [3.05, 3.63) is 11.6 Å². The van der Waals surface area contributed by atoms with E-state index in [1.165, 1.54) is 5.57 Å². The van der Waals surface area contributed by atoms with Crippen molar-refractivity contribution in [1.82, 2.24) is 0 Å². The first-order chi connectivity index (χ1) is 14.0. The SMILES string of the molecule is CO[C@@H]1[C@H](OC(=O)C[C@@H](C(N)=O)C(C)C)CC[C@]2(CO2)[C@H]1[C@]1(C)O[C@@H]1CC=C(C)C. The summed E-state index contributed by atoms with van der Waals surface area (Å²) in [6.07, 6.45) is 3.88. The predicted octanol–water partition coefficient (Wildman–Crippen LogP) is 2.75. The van der Waals surface area contributed by atoms with Crippen LogP contribution in [-0.4, -0.2) is 55.1 Å². The van der Waals surface area contributed by atoms with E-state index in [1.807, 2.05) is 13.8 Å². The zero-order valence-electron chi connectivity index (χ0n) is 19.1. The Hall–Kier alpha value is -1.44. The summed E-state index contributed by atoms with van der Waals surface area (Å²) in [5, 5.41) is 0. The van der Waals surface area contributed by atoms with Crippen LogP contribution in [0, 0.1) is 17.8 Å². The van der Waals surface area contributed by atoms with E-state index in [9.17, 15) is 9.59 Å². The molecule has 3 rings (SSSR count). The van der Waals surface area contributed by atoms with E-state index in [0.717, 1.165) is 12.8 Å². The molecule has 3 fully saturated rings. The van der Waals surface area contributed by atoms with Crippen LogP contribution in [0.15, 0.2) is 11.6 Å². The third-order valence-corrected chi connectivity index (χ3v) is 7.08. The third kappa shape index (κ3) is 4.58. The Morgan fingerprint density at radius 2 is 1.97 bits per heavy atom. The molecule has 0 radical (unpaired) electrons. The Labute approximate surface area is 179 Å². The fraction of sp³-hybridized carbons (Fsp3) is 0.826. The van der Waals surface area contributed by atoms with Crippen molar-refractivity contribution in [3.8, 4) is 0 Å². The highest BCUT2D eigenvalue weighted by Gasteiger charge is 2.72. The largest absolute Gasteiger partial charge is 0.460 e. The first-order valence-electron chi connectivity index (χ1n) is 11.0. The van der Waals surface area contributed by atoms with Crippen LogP contribution in [0.1, 0.15) is 60.3 Å². The van der Waals surface area contributed by atoms with Gasteiger partial charge in [0.2, 0.25) is 5.91 Å². The van der Waals surface area contributed by atoms with Gasteiger partial charge in [-0.2, -0.15) is 0 Å². The van der Waals surface area contributed by atoms with Gasteiger partial charge in [-0.25, -0.2) is 0 Å². The van der Waals surface area contributed by atoms with Crippen LogP contribution in [-0.2, 0) is 28.5 Å². The zero-order valence-corrected chi connectivity index (χ0v) is 19.1. The Morgan fingerprint density at radius 3 is 2.47 bits per heavy atom. The molecule has 3 aliphatic rings. The number of primary amides is 1. The molecule has 2 heterocycles. The maximum atomic E-state index is 12.6. The fourth-order valence-corrected chi connectivity index (χ4v) is 5.13. The molecular weight excluding hydrogens is 386 g/mol. The summed E-state index contributed by atoms with van der Waals surface area (Å²) in [5.74, 6) is -1.46. The van der Waals surface area contributed by atoms with Crippen molar-refractivity contribution in [2.24, 2.45) is 23.5 Å². The fourth-order valence-electron chi connectivity index (χ4n) is 5.13. The van der Waals surface area contributed by atoms with Crippen molar-refractivity contribution in [2.45, 2.75) is 89.8 Å². The summed E-state index contributed by atoms with van der Waals surface area (Å²) < 4.78 is 23.8. The smallest absolute Gasteiger partial charge is 0.306 e. The summed E-state index contributed by atoms with van der Waals surface area (Å²) in [6.45, 7) is 10.7. The first-order valence-corrected chi connectivity index (χ1v) is 11.0. The summed E-state index contributed by atoms with van der Waals surface area (Å²) in [4.78, 5) is 24.3. The molecule has 1 aliphatic carbocycles. The van der Waals surface area contributed by atoms with Crippen LogP contribution in [0.2, 0.25) is 0 Å². The monoisotopic (exact) mass is 423 g/mol. The standard InChI is InChI=1S/C23H37NO6/c1-13(2)7-8-17-22(5,30-17)20-19(27-6)16(9-10-23(20)12-28-23)29-18(25)11-15(14(3)4)21(24)26/h7,14-17,19-20H,8-12H2,1-6H3,(H2,24,26)/t15-,16-,17-,19-,20-,22-,23+/m1/s1. The molecule has 0 aromatic heterocycles. The number of esters is 1. The van der Waals surface area contributed by atoms with E-state index in [-0.39, 0.29) is 41.7 Å². The van der Waals surface area contributed by atoms with Gasteiger partial charge in [-0.3, -0.25) is 9.59 Å². The number of ether oxygens (including phenoxy) is 4. The minimum atomic E-state index is -0.534.